The summed E-state index contributed by atoms with van der Waals surface area (Å²) in [5.74, 6) is -0.163. The first kappa shape index (κ1) is 14.8. The van der Waals surface area contributed by atoms with Crippen LogP contribution in [0.15, 0.2) is 54.2 Å². The molecule has 3 rings (SSSR count). The van der Waals surface area contributed by atoms with Gasteiger partial charge in [0.1, 0.15) is 5.70 Å². The average Bonchev–Trinajstić information content (AvgIpc) is 2.77. The average molecular weight is 329 g/mol. The van der Waals surface area contributed by atoms with E-state index in [2.05, 4.69) is 5.32 Å². The minimum absolute atomic E-state index is 0.163. The van der Waals surface area contributed by atoms with E-state index in [1.165, 1.54) is 4.90 Å². The van der Waals surface area contributed by atoms with Crippen molar-refractivity contribution in [2.24, 2.45) is 0 Å². The number of hydrogen-bond donors (Lipinski definition) is 1. The van der Waals surface area contributed by atoms with Crippen molar-refractivity contribution in [1.29, 1.82) is 0 Å². The monoisotopic (exact) mass is 328 g/mol. The van der Waals surface area contributed by atoms with E-state index >= 15 is 0 Å². The Morgan fingerprint density at radius 1 is 1.09 bits per heavy atom. The Hall–Kier alpha value is -2.17. The molecule has 22 heavy (non-hydrogen) atoms. The largest absolute Gasteiger partial charge is 0.327 e. The van der Waals surface area contributed by atoms with Gasteiger partial charge in [0.25, 0.3) is 5.91 Å². The number of benzene rings is 2. The molecule has 1 amide bonds. The second-order valence-corrected chi connectivity index (χ2v) is 5.84. The molecule has 1 aliphatic rings. The Bertz CT molecular complexity index is 766. The second-order valence-electron chi connectivity index (χ2n) is 5.02. The molecule has 1 N–H and O–H groups in total. The summed E-state index contributed by atoms with van der Waals surface area (Å²) in [4.78, 5) is 14.1. The van der Waals surface area contributed by atoms with Gasteiger partial charge in [-0.05, 0) is 55.0 Å². The first-order valence-electron chi connectivity index (χ1n) is 6.74. The highest BCUT2D eigenvalue weighted by molar-refractivity contribution is 7.80. The Labute approximate surface area is 139 Å². The van der Waals surface area contributed by atoms with Crippen molar-refractivity contribution in [2.45, 2.75) is 6.92 Å². The van der Waals surface area contributed by atoms with Crippen LogP contribution in [0.4, 0.5) is 5.69 Å². The predicted molar refractivity (Wildman–Crippen MR) is 93.8 cm³/mol. The first-order chi connectivity index (χ1) is 10.5. The van der Waals surface area contributed by atoms with Crippen molar-refractivity contribution in [3.05, 3.63) is 70.4 Å². The van der Waals surface area contributed by atoms with Gasteiger partial charge in [-0.25, -0.2) is 0 Å². The van der Waals surface area contributed by atoms with Crippen LogP contribution in [0.5, 0.6) is 0 Å². The summed E-state index contributed by atoms with van der Waals surface area (Å²) in [6.07, 6.45) is 1.76. The number of anilines is 1. The van der Waals surface area contributed by atoms with Crippen LogP contribution in [0.3, 0.4) is 0 Å². The third-order valence-electron chi connectivity index (χ3n) is 3.35. The van der Waals surface area contributed by atoms with Crippen LogP contribution < -0.4 is 10.2 Å². The zero-order chi connectivity index (χ0) is 15.7. The predicted octanol–water partition coefficient (Wildman–Crippen LogP) is 3.91. The van der Waals surface area contributed by atoms with Crippen LogP contribution in [0.25, 0.3) is 6.08 Å². The Morgan fingerprint density at radius 2 is 1.73 bits per heavy atom. The molecule has 1 fully saturated rings. The number of thiocarbonyl (C=S) groups is 1. The normalized spacial score (nSPS) is 16.3. The fourth-order valence-corrected chi connectivity index (χ4v) is 2.61. The minimum atomic E-state index is -0.163. The van der Waals surface area contributed by atoms with Crippen LogP contribution in [-0.4, -0.2) is 11.0 Å². The number of halogens is 1. The van der Waals surface area contributed by atoms with Gasteiger partial charge in [-0.1, -0.05) is 41.4 Å². The van der Waals surface area contributed by atoms with Gasteiger partial charge in [0.05, 0.1) is 5.69 Å². The number of nitrogens with one attached hydrogen (secondary N) is 1. The number of nitrogens with zero attached hydrogens (tertiary/aromatic N) is 1. The summed E-state index contributed by atoms with van der Waals surface area (Å²) < 4.78 is 0. The number of amides is 1. The van der Waals surface area contributed by atoms with Crippen molar-refractivity contribution in [3.63, 3.8) is 0 Å². The summed E-state index contributed by atoms with van der Waals surface area (Å²) >= 11 is 11.1. The van der Waals surface area contributed by atoms with E-state index in [-0.39, 0.29) is 5.91 Å². The summed E-state index contributed by atoms with van der Waals surface area (Å²) in [7, 11) is 0. The van der Waals surface area contributed by atoms with E-state index in [0.717, 1.165) is 16.8 Å². The molecule has 0 unspecified atom stereocenters. The molecule has 0 aliphatic carbocycles. The zero-order valence-electron chi connectivity index (χ0n) is 11.8. The van der Waals surface area contributed by atoms with Crippen molar-refractivity contribution in [1.82, 2.24) is 5.32 Å². The minimum Gasteiger partial charge on any atom is -0.327 e. The first-order valence-corrected chi connectivity index (χ1v) is 7.52. The number of rotatable bonds is 2. The summed E-state index contributed by atoms with van der Waals surface area (Å²) in [6, 6.07) is 14.9. The fraction of sp³-hybridized carbons (Fsp3) is 0.0588. The molecule has 0 bridgehead atoms. The van der Waals surface area contributed by atoms with Gasteiger partial charge in [0, 0.05) is 5.02 Å². The fourth-order valence-electron chi connectivity index (χ4n) is 2.19. The quantitative estimate of drug-likeness (QED) is 0.670. The molecule has 3 nitrogen and oxygen atoms in total. The van der Waals surface area contributed by atoms with Crippen LogP contribution in [0.2, 0.25) is 5.02 Å². The van der Waals surface area contributed by atoms with E-state index < -0.39 is 0 Å². The molecule has 0 radical (unpaired) electrons. The van der Waals surface area contributed by atoms with Crippen molar-refractivity contribution in [2.75, 3.05) is 4.90 Å². The summed E-state index contributed by atoms with van der Waals surface area (Å²) in [5, 5.41) is 4.01. The van der Waals surface area contributed by atoms with Gasteiger partial charge in [-0.3, -0.25) is 9.69 Å². The zero-order valence-corrected chi connectivity index (χ0v) is 13.4. The molecule has 0 aromatic heterocycles. The molecule has 0 saturated carbocycles. The van der Waals surface area contributed by atoms with Gasteiger partial charge in [0.15, 0.2) is 5.11 Å². The van der Waals surface area contributed by atoms with Crippen LogP contribution in [0, 0.1) is 6.92 Å². The lowest BCUT2D eigenvalue weighted by atomic mass is 10.2. The highest BCUT2D eigenvalue weighted by Gasteiger charge is 2.31. The lowest BCUT2D eigenvalue weighted by molar-refractivity contribution is -0.113. The van der Waals surface area contributed by atoms with E-state index in [9.17, 15) is 4.79 Å². The molecular weight excluding hydrogens is 316 g/mol. The second kappa shape index (κ2) is 5.91. The lowest BCUT2D eigenvalue weighted by Crippen LogP contribution is -2.30. The standard InChI is InChI=1S/C17H13ClN2OS/c1-11-2-8-14(9-3-11)20-16(21)15(19-17(20)22)10-12-4-6-13(18)7-5-12/h2-10H,1H3,(H,19,22)/b15-10-. The molecule has 1 aliphatic heterocycles. The maximum absolute atomic E-state index is 12.6. The van der Waals surface area contributed by atoms with Crippen molar-refractivity contribution in [3.8, 4) is 0 Å². The number of carbonyl (C=O) groups excluding carboxylic acids is 1. The van der Waals surface area contributed by atoms with Gasteiger partial charge < -0.3 is 5.32 Å². The maximum Gasteiger partial charge on any atom is 0.281 e. The van der Waals surface area contributed by atoms with E-state index in [4.69, 9.17) is 23.8 Å². The molecule has 0 atom stereocenters. The molecule has 1 heterocycles. The van der Waals surface area contributed by atoms with Gasteiger partial charge in [-0.15, -0.1) is 0 Å². The summed E-state index contributed by atoms with van der Waals surface area (Å²) in [6.45, 7) is 2.00. The number of carbonyl (C=O) groups is 1. The SMILES string of the molecule is Cc1ccc(N2C(=O)/C(=C/c3ccc(Cl)cc3)NC2=S)cc1. The molecular formula is C17H13ClN2OS. The highest BCUT2D eigenvalue weighted by Crippen LogP contribution is 2.23. The van der Waals surface area contributed by atoms with Crippen LogP contribution in [-0.2, 0) is 4.79 Å². The number of hydrogen-bond acceptors (Lipinski definition) is 2. The lowest BCUT2D eigenvalue weighted by Gasteiger charge is -2.13. The Kier molecular flexibility index (Phi) is 3.96. The third-order valence-corrected chi connectivity index (χ3v) is 3.89. The molecule has 5 heteroatoms. The van der Waals surface area contributed by atoms with E-state index in [1.54, 1.807) is 18.2 Å². The third kappa shape index (κ3) is 2.89. The smallest absolute Gasteiger partial charge is 0.281 e. The van der Waals surface area contributed by atoms with Gasteiger partial charge in [-0.2, -0.15) is 0 Å². The van der Waals surface area contributed by atoms with Crippen LogP contribution in [0.1, 0.15) is 11.1 Å². The van der Waals surface area contributed by atoms with Crippen LogP contribution >= 0.6 is 23.8 Å². The summed E-state index contributed by atoms with van der Waals surface area (Å²) in [5.41, 5.74) is 3.22. The highest BCUT2D eigenvalue weighted by atomic mass is 35.5. The molecule has 1 saturated heterocycles. The Morgan fingerprint density at radius 3 is 2.36 bits per heavy atom. The molecule has 110 valence electrons. The van der Waals surface area contributed by atoms with E-state index in [0.29, 0.717) is 15.8 Å². The molecule has 0 spiro atoms. The topological polar surface area (TPSA) is 32.3 Å². The maximum atomic E-state index is 12.6. The molecule has 2 aromatic carbocycles. The van der Waals surface area contributed by atoms with Gasteiger partial charge in [0.2, 0.25) is 0 Å². The number of aryl methyl sites for hydroxylation is 1. The van der Waals surface area contributed by atoms with Crippen molar-refractivity contribution < 1.29 is 4.79 Å². The Balaban J connectivity index is 1.91. The van der Waals surface area contributed by atoms with Crippen molar-refractivity contribution >= 4 is 46.6 Å². The van der Waals surface area contributed by atoms with Gasteiger partial charge >= 0.3 is 0 Å². The molecule has 2 aromatic rings. The van der Waals surface area contributed by atoms with E-state index in [1.807, 2.05) is 43.3 Å².